The lowest BCUT2D eigenvalue weighted by molar-refractivity contribution is -0.147. The number of likely N-dealkylation sites (N-methyl/N-ethyl adjacent to an activating group) is 2. The first-order valence-corrected chi connectivity index (χ1v) is 5.75. The first-order valence-electron chi connectivity index (χ1n) is 5.75. The number of hydrogen-bond acceptors (Lipinski definition) is 5. The van der Waals surface area contributed by atoms with Crippen LogP contribution in [0.25, 0.3) is 0 Å². The average molecular weight is 245 g/mol. The Morgan fingerprint density at radius 2 is 1.88 bits per heavy atom. The summed E-state index contributed by atoms with van der Waals surface area (Å²) in [7, 11) is 3.23. The molecule has 0 unspecified atom stereocenters. The summed E-state index contributed by atoms with van der Waals surface area (Å²) in [5, 5.41) is 5.33. The quantitative estimate of drug-likeness (QED) is 0.512. The Morgan fingerprint density at radius 3 is 2.29 bits per heavy atom. The molecule has 0 aliphatic heterocycles. The van der Waals surface area contributed by atoms with Crippen molar-refractivity contribution in [1.29, 1.82) is 0 Å². The highest BCUT2D eigenvalue weighted by atomic mass is 16.5. The zero-order valence-corrected chi connectivity index (χ0v) is 10.9. The predicted molar refractivity (Wildman–Crippen MR) is 65.3 cm³/mol. The number of nitrogens with one attached hydrogen (secondary N) is 2. The van der Waals surface area contributed by atoms with Gasteiger partial charge in [0.25, 0.3) is 0 Å². The standard InChI is InChI=1S/C11H23N3O3/c1-7(2)9(13-3)11(16)17-6-5-8(12)10(15)14-4/h7-9,13H,5-6,12H2,1-4H3,(H,14,15)/t8-,9-/m0/s1. The Hall–Kier alpha value is -1.14. The summed E-state index contributed by atoms with van der Waals surface area (Å²) in [6, 6.07) is -0.967. The Balaban J connectivity index is 3.96. The van der Waals surface area contributed by atoms with Gasteiger partial charge in [-0.25, -0.2) is 0 Å². The van der Waals surface area contributed by atoms with Crippen LogP contribution in [-0.4, -0.2) is 44.7 Å². The van der Waals surface area contributed by atoms with Crippen molar-refractivity contribution < 1.29 is 14.3 Å². The Kier molecular flexibility index (Phi) is 7.49. The minimum Gasteiger partial charge on any atom is -0.464 e. The maximum Gasteiger partial charge on any atom is 0.323 e. The van der Waals surface area contributed by atoms with Crippen molar-refractivity contribution in [3.63, 3.8) is 0 Å². The van der Waals surface area contributed by atoms with E-state index in [0.29, 0.717) is 6.42 Å². The molecule has 0 heterocycles. The summed E-state index contributed by atoms with van der Waals surface area (Å²) in [5.41, 5.74) is 5.56. The largest absolute Gasteiger partial charge is 0.464 e. The van der Waals surface area contributed by atoms with Crippen LogP contribution in [0.5, 0.6) is 0 Å². The highest BCUT2D eigenvalue weighted by Crippen LogP contribution is 2.03. The van der Waals surface area contributed by atoms with E-state index in [1.807, 2.05) is 13.8 Å². The van der Waals surface area contributed by atoms with Gasteiger partial charge in [0.2, 0.25) is 5.91 Å². The number of carbonyl (C=O) groups excluding carboxylic acids is 2. The number of amides is 1. The Morgan fingerprint density at radius 1 is 1.29 bits per heavy atom. The van der Waals surface area contributed by atoms with Gasteiger partial charge in [-0.3, -0.25) is 9.59 Å². The molecular formula is C11H23N3O3. The van der Waals surface area contributed by atoms with Crippen molar-refractivity contribution in [3.8, 4) is 0 Å². The third-order valence-electron chi connectivity index (χ3n) is 2.49. The zero-order chi connectivity index (χ0) is 13.4. The van der Waals surface area contributed by atoms with Crippen molar-refractivity contribution in [2.45, 2.75) is 32.4 Å². The molecule has 2 atom stereocenters. The fourth-order valence-corrected chi connectivity index (χ4v) is 1.42. The molecule has 4 N–H and O–H groups in total. The lowest BCUT2D eigenvalue weighted by Gasteiger charge is -2.19. The highest BCUT2D eigenvalue weighted by Gasteiger charge is 2.22. The van der Waals surface area contributed by atoms with E-state index in [4.69, 9.17) is 10.5 Å². The second kappa shape index (κ2) is 8.03. The molecule has 6 nitrogen and oxygen atoms in total. The molecule has 0 aliphatic carbocycles. The first kappa shape index (κ1) is 15.9. The van der Waals surface area contributed by atoms with Gasteiger partial charge in [-0.15, -0.1) is 0 Å². The molecule has 0 bridgehead atoms. The van der Waals surface area contributed by atoms with Crippen molar-refractivity contribution in [1.82, 2.24) is 10.6 Å². The van der Waals surface area contributed by atoms with Gasteiger partial charge in [-0.05, 0) is 13.0 Å². The molecule has 0 aromatic heterocycles. The summed E-state index contributed by atoms with van der Waals surface area (Å²) in [5.74, 6) is -0.415. The summed E-state index contributed by atoms with van der Waals surface area (Å²) in [4.78, 5) is 22.7. The van der Waals surface area contributed by atoms with Gasteiger partial charge in [0, 0.05) is 13.5 Å². The average Bonchev–Trinajstić information content (AvgIpc) is 2.28. The van der Waals surface area contributed by atoms with Crippen molar-refractivity contribution in [3.05, 3.63) is 0 Å². The van der Waals surface area contributed by atoms with Crippen molar-refractivity contribution in [2.75, 3.05) is 20.7 Å². The fourth-order valence-electron chi connectivity index (χ4n) is 1.42. The monoisotopic (exact) mass is 245 g/mol. The van der Waals surface area contributed by atoms with E-state index in [2.05, 4.69) is 10.6 Å². The Bertz CT molecular complexity index is 256. The molecule has 0 aromatic carbocycles. The second-order valence-electron chi connectivity index (χ2n) is 4.19. The highest BCUT2D eigenvalue weighted by molar-refractivity contribution is 5.81. The molecule has 17 heavy (non-hydrogen) atoms. The number of carbonyl (C=O) groups is 2. The maximum absolute atomic E-state index is 11.6. The molecule has 6 heteroatoms. The van der Waals surface area contributed by atoms with Crippen LogP contribution in [-0.2, 0) is 14.3 Å². The molecule has 1 amide bonds. The SMILES string of the molecule is CNC(=O)[C@@H](N)CCOC(=O)[C@@H](NC)C(C)C. The van der Waals surface area contributed by atoms with Gasteiger partial charge in [0.05, 0.1) is 12.6 Å². The smallest absolute Gasteiger partial charge is 0.323 e. The van der Waals surface area contributed by atoms with Crippen LogP contribution in [0.3, 0.4) is 0 Å². The Labute approximate surface area is 102 Å². The summed E-state index contributed by atoms with van der Waals surface area (Å²) < 4.78 is 5.06. The van der Waals surface area contributed by atoms with Crippen LogP contribution in [0, 0.1) is 5.92 Å². The van der Waals surface area contributed by atoms with Crippen LogP contribution in [0.2, 0.25) is 0 Å². The molecule has 0 spiro atoms. The van der Waals surface area contributed by atoms with E-state index in [-0.39, 0.29) is 30.4 Å². The molecule has 0 rings (SSSR count). The molecule has 0 saturated heterocycles. The molecule has 0 radical (unpaired) electrons. The van der Waals surface area contributed by atoms with Gasteiger partial charge >= 0.3 is 5.97 Å². The van der Waals surface area contributed by atoms with Gasteiger partial charge in [-0.1, -0.05) is 13.8 Å². The van der Waals surface area contributed by atoms with E-state index in [1.165, 1.54) is 7.05 Å². The summed E-state index contributed by atoms with van der Waals surface area (Å²) >= 11 is 0. The lowest BCUT2D eigenvalue weighted by atomic mass is 10.1. The zero-order valence-electron chi connectivity index (χ0n) is 10.9. The van der Waals surface area contributed by atoms with Gasteiger partial charge in [0.1, 0.15) is 6.04 Å². The van der Waals surface area contributed by atoms with Crippen molar-refractivity contribution >= 4 is 11.9 Å². The molecule has 0 aliphatic rings. The topological polar surface area (TPSA) is 93.5 Å². The molecular weight excluding hydrogens is 222 g/mol. The van der Waals surface area contributed by atoms with Gasteiger partial charge in [0.15, 0.2) is 0 Å². The molecule has 0 saturated carbocycles. The van der Waals surface area contributed by atoms with E-state index >= 15 is 0 Å². The minimum atomic E-state index is -0.639. The second-order valence-corrected chi connectivity index (χ2v) is 4.19. The van der Waals surface area contributed by atoms with Crippen LogP contribution in [0.15, 0.2) is 0 Å². The van der Waals surface area contributed by atoms with Crippen LogP contribution in [0.4, 0.5) is 0 Å². The minimum absolute atomic E-state index is 0.151. The third kappa shape index (κ3) is 5.65. The van der Waals surface area contributed by atoms with Crippen LogP contribution in [0.1, 0.15) is 20.3 Å². The number of ether oxygens (including phenoxy) is 1. The van der Waals surface area contributed by atoms with Crippen LogP contribution >= 0.6 is 0 Å². The van der Waals surface area contributed by atoms with E-state index < -0.39 is 6.04 Å². The van der Waals surface area contributed by atoms with E-state index in [9.17, 15) is 9.59 Å². The lowest BCUT2D eigenvalue weighted by Crippen LogP contribution is -2.42. The van der Waals surface area contributed by atoms with E-state index in [0.717, 1.165) is 0 Å². The first-order chi connectivity index (χ1) is 7.93. The number of hydrogen-bond donors (Lipinski definition) is 3. The molecule has 100 valence electrons. The van der Waals surface area contributed by atoms with Crippen LogP contribution < -0.4 is 16.4 Å². The number of nitrogens with two attached hydrogens (primary N) is 1. The predicted octanol–water partition coefficient (Wildman–Crippen LogP) is -0.763. The normalized spacial score (nSPS) is 14.2. The van der Waals surface area contributed by atoms with Gasteiger partial charge < -0.3 is 21.1 Å². The molecule has 0 fully saturated rings. The summed E-state index contributed by atoms with van der Waals surface area (Å²) in [6.45, 7) is 4.01. The summed E-state index contributed by atoms with van der Waals surface area (Å²) in [6.07, 6.45) is 0.319. The van der Waals surface area contributed by atoms with Gasteiger partial charge in [-0.2, -0.15) is 0 Å². The van der Waals surface area contributed by atoms with E-state index in [1.54, 1.807) is 7.05 Å². The third-order valence-corrected chi connectivity index (χ3v) is 2.49. The molecule has 0 aromatic rings. The number of rotatable bonds is 7. The fraction of sp³-hybridized carbons (Fsp3) is 0.818. The number of esters is 1. The maximum atomic E-state index is 11.6. The van der Waals surface area contributed by atoms with Crippen molar-refractivity contribution in [2.24, 2.45) is 11.7 Å².